The van der Waals surface area contributed by atoms with Crippen LogP contribution in [-0.4, -0.2) is 137 Å². The molecule has 3 amide bonds. The molecule has 0 radical (unpaired) electrons. The van der Waals surface area contributed by atoms with Gasteiger partial charge in [-0.1, -0.05) is 45.0 Å². The molecule has 0 aliphatic rings. The van der Waals surface area contributed by atoms with Gasteiger partial charge in [0.1, 0.15) is 17.3 Å². The molecule has 0 aliphatic carbocycles. The van der Waals surface area contributed by atoms with E-state index in [2.05, 4.69) is 30.6 Å². The number of fused-ring (bicyclic) bond motifs is 1. The predicted molar refractivity (Wildman–Crippen MR) is 277 cm³/mol. The number of benzene rings is 4. The number of methoxy groups -OCH3 is 3. The summed E-state index contributed by atoms with van der Waals surface area (Å²) in [6, 6.07) is 20.6. The van der Waals surface area contributed by atoms with E-state index in [9.17, 15) is 18.0 Å². The Morgan fingerprint density at radius 2 is 1.28 bits per heavy atom. The van der Waals surface area contributed by atoms with Crippen LogP contribution in [0, 0.1) is 0 Å². The van der Waals surface area contributed by atoms with Crippen LogP contribution in [0.4, 0.5) is 21.9 Å². The minimum absolute atomic E-state index is 0.158. The highest BCUT2D eigenvalue weighted by Crippen LogP contribution is 2.40. The Kier molecular flexibility index (Phi) is 23.2. The third-order valence-electron chi connectivity index (χ3n) is 10.7. The topological polar surface area (TPSA) is 225 Å². The average molecular weight is 1020 g/mol. The van der Waals surface area contributed by atoms with Crippen molar-refractivity contribution in [2.75, 3.05) is 122 Å². The van der Waals surface area contributed by atoms with E-state index in [4.69, 9.17) is 42.6 Å². The van der Waals surface area contributed by atoms with Gasteiger partial charge in [-0.3, -0.25) is 9.52 Å². The lowest BCUT2D eigenvalue weighted by Crippen LogP contribution is -2.27. The first kappa shape index (κ1) is 56.8. The van der Waals surface area contributed by atoms with Gasteiger partial charge in [-0.05, 0) is 78.3 Å². The van der Waals surface area contributed by atoms with Gasteiger partial charge in [0.2, 0.25) is 15.9 Å². The smallest absolute Gasteiger partial charge is 0.323 e. The predicted octanol–water partition coefficient (Wildman–Crippen LogP) is 7.97. The van der Waals surface area contributed by atoms with Gasteiger partial charge in [0.05, 0.1) is 97.0 Å². The molecule has 0 atom stereocenters. The number of hydrogen-bond donors (Lipinski definition) is 4. The Labute approximate surface area is 423 Å². The largest absolute Gasteiger partial charge is 0.497 e. The highest BCUT2D eigenvalue weighted by molar-refractivity contribution is 7.92. The van der Waals surface area contributed by atoms with Crippen molar-refractivity contribution in [2.45, 2.75) is 51.9 Å². The number of carbonyl (C=O) groups excluding carboxylic acids is 2. The second-order valence-electron chi connectivity index (χ2n) is 17.5. The summed E-state index contributed by atoms with van der Waals surface area (Å²) in [5.74, 6) is 1.61. The summed E-state index contributed by atoms with van der Waals surface area (Å²) in [6.45, 7) is 12.1. The highest BCUT2D eigenvalue weighted by atomic mass is 32.2. The van der Waals surface area contributed by atoms with Crippen molar-refractivity contribution in [1.29, 1.82) is 0 Å². The second-order valence-corrected chi connectivity index (χ2v) is 19.2. The molecule has 1 heterocycles. The first-order chi connectivity index (χ1) is 34.7. The van der Waals surface area contributed by atoms with E-state index < -0.39 is 16.1 Å². The van der Waals surface area contributed by atoms with Gasteiger partial charge in [-0.25, -0.2) is 18.2 Å². The monoisotopic (exact) mass is 1020 g/mol. The van der Waals surface area contributed by atoms with Crippen LogP contribution in [0.5, 0.6) is 23.1 Å². The van der Waals surface area contributed by atoms with Crippen molar-refractivity contribution in [3.8, 4) is 23.1 Å². The van der Waals surface area contributed by atoms with E-state index >= 15 is 0 Å². The fourth-order valence-corrected chi connectivity index (χ4v) is 7.71. The number of sulfonamides is 1. The molecule has 19 nitrogen and oxygen atoms in total. The Morgan fingerprint density at radius 3 is 1.92 bits per heavy atom. The molecule has 20 heteroatoms. The zero-order valence-electron chi connectivity index (χ0n) is 42.4. The van der Waals surface area contributed by atoms with Crippen LogP contribution in [0.3, 0.4) is 0 Å². The molecule has 0 saturated heterocycles. The van der Waals surface area contributed by atoms with Crippen molar-refractivity contribution in [1.82, 2.24) is 15.3 Å². The SMILES string of the molecule is COCCOCCOCCOCCCCCOCCOCCNC(=O)c1cc(Cc2nccc(Oc3ccc(NC(=O)Nc4cc(C(C)(C)C)cc(NS(C)(=O)=O)c4OC)c4ccccc34)n2)cc(OC)c1. The maximum absolute atomic E-state index is 13.6. The third-order valence-corrected chi connectivity index (χ3v) is 11.3. The zero-order chi connectivity index (χ0) is 51.8. The molecule has 1 aromatic heterocycles. The van der Waals surface area contributed by atoms with Gasteiger partial charge in [0.15, 0.2) is 5.75 Å². The first-order valence-electron chi connectivity index (χ1n) is 23.8. The summed E-state index contributed by atoms with van der Waals surface area (Å²) in [4.78, 5) is 35.9. The van der Waals surface area contributed by atoms with E-state index in [-0.39, 0.29) is 40.7 Å². The molecule has 392 valence electrons. The van der Waals surface area contributed by atoms with E-state index in [1.165, 1.54) is 14.2 Å². The summed E-state index contributed by atoms with van der Waals surface area (Å²) in [5.41, 5.74) is 2.53. The Morgan fingerprint density at radius 1 is 0.653 bits per heavy atom. The molecule has 0 unspecified atom stereocenters. The van der Waals surface area contributed by atoms with E-state index in [0.717, 1.165) is 36.6 Å². The lowest BCUT2D eigenvalue weighted by atomic mass is 9.86. The molecule has 5 aromatic rings. The number of ether oxygens (including phenoxy) is 9. The molecule has 5 rings (SSSR count). The molecular formula is C52H70N6O13S. The first-order valence-corrected chi connectivity index (χ1v) is 25.7. The number of carbonyl (C=O) groups is 2. The second kappa shape index (κ2) is 29.4. The zero-order valence-corrected chi connectivity index (χ0v) is 43.2. The van der Waals surface area contributed by atoms with Crippen LogP contribution in [0.2, 0.25) is 0 Å². The summed E-state index contributed by atoms with van der Waals surface area (Å²) in [7, 11) is 0.921. The van der Waals surface area contributed by atoms with E-state index in [1.807, 2.05) is 51.1 Å². The fraction of sp³-hybridized carbons (Fsp3) is 0.462. The van der Waals surface area contributed by atoms with Crippen molar-refractivity contribution in [3.63, 3.8) is 0 Å². The number of nitrogens with zero attached hydrogens (tertiary/aromatic N) is 2. The van der Waals surface area contributed by atoms with E-state index in [1.54, 1.807) is 55.8 Å². The van der Waals surface area contributed by atoms with Crippen molar-refractivity contribution in [2.24, 2.45) is 0 Å². The van der Waals surface area contributed by atoms with Gasteiger partial charge >= 0.3 is 6.03 Å². The van der Waals surface area contributed by atoms with Crippen molar-refractivity contribution in [3.05, 3.63) is 102 Å². The van der Waals surface area contributed by atoms with Crippen LogP contribution < -0.4 is 34.9 Å². The van der Waals surface area contributed by atoms with Crippen molar-refractivity contribution < 1.29 is 60.6 Å². The summed E-state index contributed by atoms with van der Waals surface area (Å²) >= 11 is 0. The number of hydrogen-bond acceptors (Lipinski definition) is 15. The quantitative estimate of drug-likeness (QED) is 0.0300. The molecule has 0 saturated carbocycles. The number of rotatable bonds is 32. The van der Waals surface area contributed by atoms with Gasteiger partial charge in [-0.15, -0.1) is 0 Å². The fourth-order valence-electron chi connectivity index (χ4n) is 7.15. The minimum atomic E-state index is -3.66. The van der Waals surface area contributed by atoms with Crippen LogP contribution in [-0.2, 0) is 50.3 Å². The Hall–Kier alpha value is -6.13. The molecular weight excluding hydrogens is 949 g/mol. The molecule has 0 bridgehead atoms. The number of nitrogens with one attached hydrogen (secondary N) is 4. The van der Waals surface area contributed by atoms with Crippen molar-refractivity contribution >= 4 is 49.8 Å². The number of anilines is 3. The van der Waals surface area contributed by atoms with Crippen LogP contribution in [0.25, 0.3) is 10.8 Å². The number of amides is 3. The number of aromatic nitrogens is 2. The maximum Gasteiger partial charge on any atom is 0.323 e. The summed E-state index contributed by atoms with van der Waals surface area (Å²) in [5, 5.41) is 10.0. The Balaban J connectivity index is 1.08. The van der Waals surface area contributed by atoms with E-state index in [0.29, 0.717) is 119 Å². The molecule has 72 heavy (non-hydrogen) atoms. The Bertz CT molecular complexity index is 2610. The normalized spacial score (nSPS) is 11.6. The summed E-state index contributed by atoms with van der Waals surface area (Å²) < 4.78 is 77.0. The van der Waals surface area contributed by atoms with Gasteiger partial charge < -0.3 is 58.6 Å². The highest BCUT2D eigenvalue weighted by Gasteiger charge is 2.23. The standard InChI is InChI=1S/C52H70N6O13S/c1-52(2,3)39-35-44(49(65-6)45(36-39)58-72(7,61)62)56-51(60)55-43-15-16-46(42-14-10-9-13-41(42)43)71-48-17-18-53-47(57-48)33-37-31-38(34-40(32-37)64-5)50(59)54-19-22-68-27-25-66-20-11-8-12-21-67-26-28-70-30-29-69-24-23-63-4/h9-10,13-18,31-32,34-36,58H,8,11-12,19-30,33H2,1-7H3,(H,54,59)(H2,55,56,60). The lowest BCUT2D eigenvalue weighted by Gasteiger charge is -2.24. The number of unbranched alkanes of at least 4 members (excludes halogenated alkanes) is 2. The van der Waals surface area contributed by atoms with Gasteiger partial charge in [0.25, 0.3) is 5.91 Å². The van der Waals surface area contributed by atoms with Gasteiger partial charge in [0, 0.05) is 61.9 Å². The molecule has 0 spiro atoms. The molecule has 0 fully saturated rings. The van der Waals surface area contributed by atoms with Gasteiger partial charge in [-0.2, -0.15) is 4.98 Å². The van der Waals surface area contributed by atoms with Crippen LogP contribution in [0.1, 0.15) is 67.3 Å². The molecule has 4 aromatic carbocycles. The molecule has 4 N–H and O–H groups in total. The van der Waals surface area contributed by atoms with Crippen LogP contribution >= 0.6 is 0 Å². The lowest BCUT2D eigenvalue weighted by molar-refractivity contribution is 0.00293. The molecule has 0 aliphatic heterocycles. The number of urea groups is 1. The maximum atomic E-state index is 13.6. The summed E-state index contributed by atoms with van der Waals surface area (Å²) in [6.07, 6.45) is 5.82. The average Bonchev–Trinajstić information content (AvgIpc) is 3.34. The third kappa shape index (κ3) is 19.5. The minimum Gasteiger partial charge on any atom is -0.497 e. The van der Waals surface area contributed by atoms with Crippen LogP contribution in [0.15, 0.2) is 79.0 Å².